The average Bonchev–Trinajstić information content (AvgIpc) is 3.28. The molecular formula is C20H16ClN3O4S2. The summed E-state index contributed by atoms with van der Waals surface area (Å²) in [5.41, 5.74) is 1.60. The highest BCUT2D eigenvalue weighted by molar-refractivity contribution is 7.15. The molecule has 0 aliphatic rings. The highest BCUT2D eigenvalue weighted by atomic mass is 35.5. The van der Waals surface area contributed by atoms with Crippen LogP contribution in [-0.4, -0.2) is 20.3 Å². The second-order valence-electron chi connectivity index (χ2n) is 6.42. The molecule has 4 aromatic rings. The van der Waals surface area contributed by atoms with Gasteiger partial charge in [-0.05, 0) is 38.1 Å². The Bertz CT molecular complexity index is 1280. The normalized spacial score (nSPS) is 11.0. The van der Waals surface area contributed by atoms with Crippen molar-refractivity contribution in [2.75, 3.05) is 0 Å². The Balaban J connectivity index is 1.41. The number of carbonyl (C=O) groups excluding carboxylic acids is 1. The molecule has 3 aromatic heterocycles. The largest absolute Gasteiger partial charge is 0.486 e. The van der Waals surface area contributed by atoms with Crippen molar-refractivity contribution >= 4 is 45.2 Å². The molecule has 0 bridgehead atoms. The van der Waals surface area contributed by atoms with Gasteiger partial charge in [0.25, 0.3) is 5.56 Å². The molecule has 0 aliphatic heterocycles. The Morgan fingerprint density at radius 2 is 1.93 bits per heavy atom. The minimum absolute atomic E-state index is 0.0878. The van der Waals surface area contributed by atoms with Crippen molar-refractivity contribution < 1.29 is 14.3 Å². The zero-order chi connectivity index (χ0) is 21.3. The number of thiazole rings is 2. The number of rotatable bonds is 6. The Morgan fingerprint density at radius 1 is 1.17 bits per heavy atom. The van der Waals surface area contributed by atoms with Gasteiger partial charge >= 0.3 is 5.97 Å². The molecule has 30 heavy (non-hydrogen) atoms. The summed E-state index contributed by atoms with van der Waals surface area (Å²) < 4.78 is 12.6. The molecule has 0 unspecified atom stereocenters. The van der Waals surface area contributed by atoms with Gasteiger partial charge in [-0.3, -0.25) is 9.20 Å². The highest BCUT2D eigenvalue weighted by Gasteiger charge is 2.18. The Kier molecular flexibility index (Phi) is 5.85. The van der Waals surface area contributed by atoms with Gasteiger partial charge in [0.2, 0.25) is 0 Å². The van der Waals surface area contributed by atoms with Gasteiger partial charge in [-0.25, -0.2) is 14.8 Å². The maximum atomic E-state index is 12.5. The third-order valence-electron chi connectivity index (χ3n) is 4.18. The average molecular weight is 462 g/mol. The van der Waals surface area contributed by atoms with Gasteiger partial charge in [-0.15, -0.1) is 22.7 Å². The maximum absolute atomic E-state index is 12.5. The number of aromatic nitrogens is 3. The SMILES string of the molecule is Cc1nc(COc2ccc(Cl)cc2)sc1C(=O)OCc1cc(=O)n2c(C)csc2n1. The van der Waals surface area contributed by atoms with Gasteiger partial charge in [0.05, 0.1) is 11.4 Å². The molecule has 0 saturated carbocycles. The van der Waals surface area contributed by atoms with E-state index < -0.39 is 5.97 Å². The molecule has 0 N–H and O–H groups in total. The van der Waals surface area contributed by atoms with Crippen molar-refractivity contribution in [2.24, 2.45) is 0 Å². The Hall–Kier alpha value is -2.75. The number of hydrogen-bond donors (Lipinski definition) is 0. The molecule has 154 valence electrons. The van der Waals surface area contributed by atoms with E-state index in [1.807, 2.05) is 12.3 Å². The van der Waals surface area contributed by atoms with E-state index in [2.05, 4.69) is 9.97 Å². The van der Waals surface area contributed by atoms with Crippen LogP contribution in [0.3, 0.4) is 0 Å². The van der Waals surface area contributed by atoms with Gasteiger partial charge < -0.3 is 9.47 Å². The molecule has 3 heterocycles. The second-order valence-corrected chi connectivity index (χ2v) is 8.78. The van der Waals surface area contributed by atoms with Gasteiger partial charge in [0, 0.05) is 22.2 Å². The van der Waals surface area contributed by atoms with Crippen LogP contribution in [0.5, 0.6) is 5.75 Å². The summed E-state index contributed by atoms with van der Waals surface area (Å²) in [6.45, 7) is 3.72. The maximum Gasteiger partial charge on any atom is 0.350 e. The van der Waals surface area contributed by atoms with E-state index in [-0.39, 0.29) is 18.8 Å². The van der Waals surface area contributed by atoms with Gasteiger partial charge in [0.15, 0.2) is 4.96 Å². The summed E-state index contributed by atoms with van der Waals surface area (Å²) in [5, 5.41) is 3.14. The van der Waals surface area contributed by atoms with Crippen molar-refractivity contribution in [3.63, 3.8) is 0 Å². The molecule has 0 amide bonds. The monoisotopic (exact) mass is 461 g/mol. The van der Waals surface area contributed by atoms with Crippen LogP contribution in [0.25, 0.3) is 4.96 Å². The molecule has 0 aliphatic carbocycles. The molecule has 0 spiro atoms. The predicted octanol–water partition coefficient (Wildman–Crippen LogP) is 4.42. The zero-order valence-corrected chi connectivity index (χ0v) is 18.4. The number of esters is 1. The van der Waals surface area contributed by atoms with Crippen molar-refractivity contribution in [1.29, 1.82) is 0 Å². The first kappa shape index (κ1) is 20.5. The number of hydrogen-bond acceptors (Lipinski definition) is 8. The standard InChI is InChI=1S/C20H16ClN3O4S2/c1-11-10-29-20-23-14(7-17(25)24(11)20)8-28-19(26)18-12(2)22-16(30-18)9-27-15-5-3-13(21)4-6-15/h3-7,10H,8-9H2,1-2H3. The quantitative estimate of drug-likeness (QED) is 0.395. The summed E-state index contributed by atoms with van der Waals surface area (Å²) in [7, 11) is 0. The van der Waals surface area contributed by atoms with Crippen LogP contribution in [0.2, 0.25) is 5.02 Å². The number of halogens is 1. The number of carbonyl (C=O) groups is 1. The molecule has 0 radical (unpaired) electrons. The van der Waals surface area contributed by atoms with Crippen LogP contribution >= 0.6 is 34.3 Å². The molecule has 1 aromatic carbocycles. The van der Waals surface area contributed by atoms with Crippen molar-refractivity contribution in [3.8, 4) is 5.75 Å². The summed E-state index contributed by atoms with van der Waals surface area (Å²) in [6.07, 6.45) is 0. The van der Waals surface area contributed by atoms with Crippen molar-refractivity contribution in [3.05, 3.63) is 78.1 Å². The molecule has 0 saturated heterocycles. The van der Waals surface area contributed by atoms with Crippen LogP contribution in [0, 0.1) is 13.8 Å². The Labute approximate surface area is 184 Å². The first-order chi connectivity index (χ1) is 14.4. The van der Waals surface area contributed by atoms with E-state index in [9.17, 15) is 9.59 Å². The number of fused-ring (bicyclic) bond motifs is 1. The van der Waals surface area contributed by atoms with Crippen molar-refractivity contribution in [1.82, 2.24) is 14.4 Å². The van der Waals surface area contributed by atoms with Crippen LogP contribution in [-0.2, 0) is 18.0 Å². The number of ether oxygens (including phenoxy) is 2. The highest BCUT2D eigenvalue weighted by Crippen LogP contribution is 2.22. The van der Waals surface area contributed by atoms with E-state index in [1.54, 1.807) is 31.2 Å². The Morgan fingerprint density at radius 3 is 2.70 bits per heavy atom. The smallest absolute Gasteiger partial charge is 0.350 e. The fourth-order valence-electron chi connectivity index (χ4n) is 2.76. The van der Waals surface area contributed by atoms with Gasteiger partial charge in [-0.1, -0.05) is 11.6 Å². The number of nitrogens with zero attached hydrogens (tertiary/aromatic N) is 3. The van der Waals surface area contributed by atoms with E-state index in [4.69, 9.17) is 21.1 Å². The lowest BCUT2D eigenvalue weighted by Crippen LogP contribution is -2.16. The lowest BCUT2D eigenvalue weighted by atomic mass is 10.3. The molecule has 4 rings (SSSR count). The second kappa shape index (κ2) is 8.55. The first-order valence-corrected chi connectivity index (χ1v) is 11.0. The van der Waals surface area contributed by atoms with E-state index in [0.717, 1.165) is 5.69 Å². The number of aryl methyl sites for hydroxylation is 2. The molecule has 0 fully saturated rings. The van der Waals surface area contributed by atoms with Gasteiger partial charge in [0.1, 0.15) is 28.8 Å². The molecule has 7 nitrogen and oxygen atoms in total. The van der Waals surface area contributed by atoms with E-state index >= 15 is 0 Å². The third-order valence-corrected chi connectivity index (χ3v) is 6.49. The minimum atomic E-state index is -0.507. The lowest BCUT2D eigenvalue weighted by Gasteiger charge is -2.04. The topological polar surface area (TPSA) is 82.8 Å². The zero-order valence-electron chi connectivity index (χ0n) is 16.0. The van der Waals surface area contributed by atoms with Crippen LogP contribution < -0.4 is 10.3 Å². The minimum Gasteiger partial charge on any atom is -0.486 e. The fourth-order valence-corrected chi connectivity index (χ4v) is 4.65. The van der Waals surface area contributed by atoms with Crippen LogP contribution in [0.4, 0.5) is 0 Å². The van der Waals surface area contributed by atoms with Gasteiger partial charge in [-0.2, -0.15) is 0 Å². The number of benzene rings is 1. The first-order valence-electron chi connectivity index (χ1n) is 8.89. The third kappa shape index (κ3) is 4.38. The molecule has 10 heteroatoms. The summed E-state index contributed by atoms with van der Waals surface area (Å²) in [5.74, 6) is 0.153. The summed E-state index contributed by atoms with van der Waals surface area (Å²) in [6, 6.07) is 8.38. The lowest BCUT2D eigenvalue weighted by molar-refractivity contribution is 0.0472. The van der Waals surface area contributed by atoms with Crippen molar-refractivity contribution in [2.45, 2.75) is 27.1 Å². The van der Waals surface area contributed by atoms with E-state index in [0.29, 0.717) is 37.0 Å². The molecular weight excluding hydrogens is 446 g/mol. The summed E-state index contributed by atoms with van der Waals surface area (Å²) >= 11 is 8.44. The summed E-state index contributed by atoms with van der Waals surface area (Å²) in [4.78, 5) is 34.4. The predicted molar refractivity (Wildman–Crippen MR) is 116 cm³/mol. The molecule has 0 atom stereocenters. The van der Waals surface area contributed by atoms with E-state index in [1.165, 1.54) is 33.1 Å². The van der Waals surface area contributed by atoms with Crippen LogP contribution in [0.1, 0.15) is 31.8 Å². The van der Waals surface area contributed by atoms with Crippen LogP contribution in [0.15, 0.2) is 40.5 Å². The fraction of sp³-hybridized carbons (Fsp3) is 0.200.